The number of carbonyl (C=O) groups is 3. The van der Waals surface area contributed by atoms with Gasteiger partial charge in [-0.15, -0.1) is 0 Å². The lowest BCUT2D eigenvalue weighted by Crippen LogP contribution is -2.17. The quantitative estimate of drug-likeness (QED) is 0.628. The van der Waals surface area contributed by atoms with Crippen LogP contribution in [0.4, 0.5) is 4.39 Å². The molecule has 2 aromatic carbocycles. The van der Waals surface area contributed by atoms with Crippen molar-refractivity contribution >= 4 is 17.5 Å². The molecule has 3 rings (SSSR count). The van der Waals surface area contributed by atoms with Gasteiger partial charge in [0.15, 0.2) is 11.5 Å². The zero-order valence-electron chi connectivity index (χ0n) is 14.1. The van der Waals surface area contributed by atoms with Crippen molar-refractivity contribution in [1.82, 2.24) is 0 Å². The highest BCUT2D eigenvalue weighted by atomic mass is 19.1. The molecule has 0 radical (unpaired) electrons. The van der Waals surface area contributed by atoms with Crippen LogP contribution < -0.4 is 0 Å². The van der Waals surface area contributed by atoms with Crippen molar-refractivity contribution in [2.45, 2.75) is 12.3 Å². The molecule has 1 unspecified atom stereocenters. The van der Waals surface area contributed by atoms with Crippen LogP contribution in [0.15, 0.2) is 71.3 Å². The van der Waals surface area contributed by atoms with Gasteiger partial charge in [0.25, 0.3) is 0 Å². The molecule has 136 valence electrons. The van der Waals surface area contributed by atoms with E-state index in [1.807, 2.05) is 0 Å². The van der Waals surface area contributed by atoms with Crippen LogP contribution in [-0.4, -0.2) is 22.6 Å². The first-order valence-corrected chi connectivity index (χ1v) is 8.15. The fraction of sp³-hybridized carbons (Fsp3) is 0.0952. The van der Waals surface area contributed by atoms with Gasteiger partial charge in [-0.2, -0.15) is 0 Å². The normalized spacial score (nSPS) is 11.7. The van der Waals surface area contributed by atoms with Gasteiger partial charge in [-0.05, 0) is 54.1 Å². The number of benzene rings is 2. The number of hydrogen-bond donors (Lipinski definition) is 1. The van der Waals surface area contributed by atoms with Crippen molar-refractivity contribution in [3.8, 4) is 0 Å². The van der Waals surface area contributed by atoms with Crippen LogP contribution in [0.5, 0.6) is 0 Å². The van der Waals surface area contributed by atoms with Crippen molar-refractivity contribution in [2.75, 3.05) is 0 Å². The second-order valence-corrected chi connectivity index (χ2v) is 5.96. The summed E-state index contributed by atoms with van der Waals surface area (Å²) in [5.74, 6) is -3.01. The van der Waals surface area contributed by atoms with Gasteiger partial charge in [0.1, 0.15) is 5.82 Å². The predicted octanol–water partition coefficient (Wildman–Crippen LogP) is 4.36. The van der Waals surface area contributed by atoms with Gasteiger partial charge >= 0.3 is 5.97 Å². The summed E-state index contributed by atoms with van der Waals surface area (Å²) in [5, 5.41) is 9.02. The molecule has 0 fully saturated rings. The van der Waals surface area contributed by atoms with Gasteiger partial charge in [0.2, 0.25) is 5.78 Å². The van der Waals surface area contributed by atoms with E-state index in [2.05, 4.69) is 0 Å². The smallest absolute Gasteiger partial charge is 0.335 e. The summed E-state index contributed by atoms with van der Waals surface area (Å²) >= 11 is 0. The molecule has 0 aliphatic rings. The van der Waals surface area contributed by atoms with Crippen LogP contribution in [0.1, 0.15) is 49.2 Å². The summed E-state index contributed by atoms with van der Waals surface area (Å²) < 4.78 is 18.2. The summed E-state index contributed by atoms with van der Waals surface area (Å²) in [6.45, 7) is 0. The van der Waals surface area contributed by atoms with E-state index in [0.29, 0.717) is 5.56 Å². The van der Waals surface area contributed by atoms with Crippen LogP contribution in [0.3, 0.4) is 0 Å². The fourth-order valence-electron chi connectivity index (χ4n) is 2.75. The van der Waals surface area contributed by atoms with Crippen molar-refractivity contribution < 1.29 is 28.3 Å². The molecular weight excluding hydrogens is 351 g/mol. The summed E-state index contributed by atoms with van der Waals surface area (Å²) in [5.41, 5.74) is 0.862. The van der Waals surface area contributed by atoms with Crippen LogP contribution in [0.2, 0.25) is 0 Å². The zero-order chi connectivity index (χ0) is 19.4. The Labute approximate surface area is 154 Å². The van der Waals surface area contributed by atoms with E-state index in [-0.39, 0.29) is 29.1 Å². The molecule has 0 saturated carbocycles. The Hall–Kier alpha value is -3.54. The molecule has 0 amide bonds. The van der Waals surface area contributed by atoms with Crippen molar-refractivity contribution in [3.63, 3.8) is 0 Å². The van der Waals surface area contributed by atoms with Crippen molar-refractivity contribution in [3.05, 3.63) is 95.2 Å². The van der Waals surface area contributed by atoms with Crippen LogP contribution in [0.25, 0.3) is 0 Å². The third-order valence-electron chi connectivity index (χ3n) is 4.20. The van der Waals surface area contributed by atoms with Crippen LogP contribution >= 0.6 is 0 Å². The molecule has 1 aromatic heterocycles. The molecule has 6 heteroatoms. The Kier molecular flexibility index (Phi) is 5.26. The lowest BCUT2D eigenvalue weighted by atomic mass is 9.87. The summed E-state index contributed by atoms with van der Waals surface area (Å²) in [7, 11) is 0. The van der Waals surface area contributed by atoms with Crippen LogP contribution in [-0.2, 0) is 0 Å². The summed E-state index contributed by atoms with van der Waals surface area (Å²) in [4.78, 5) is 36.4. The third-order valence-corrected chi connectivity index (χ3v) is 4.20. The molecule has 0 aliphatic heterocycles. The van der Waals surface area contributed by atoms with E-state index in [0.717, 1.165) is 0 Å². The number of rotatable bonds is 7. The van der Waals surface area contributed by atoms with E-state index in [9.17, 15) is 18.8 Å². The SMILES string of the molecule is O=C(O)c1ccc(C(CC(=O)c2ccc(F)cc2)C(=O)c2ccco2)cc1. The molecule has 0 aliphatic carbocycles. The Morgan fingerprint density at radius 2 is 1.56 bits per heavy atom. The molecule has 0 spiro atoms. The third kappa shape index (κ3) is 4.17. The van der Waals surface area contributed by atoms with Gasteiger partial charge < -0.3 is 9.52 Å². The van der Waals surface area contributed by atoms with Crippen LogP contribution in [0, 0.1) is 5.82 Å². The maximum atomic E-state index is 13.1. The first-order valence-electron chi connectivity index (χ1n) is 8.15. The van der Waals surface area contributed by atoms with Gasteiger partial charge in [-0.1, -0.05) is 12.1 Å². The molecular formula is C21H15FO5. The Morgan fingerprint density at radius 1 is 0.926 bits per heavy atom. The molecule has 3 aromatic rings. The molecule has 5 nitrogen and oxygen atoms in total. The zero-order valence-corrected chi connectivity index (χ0v) is 14.1. The van der Waals surface area contributed by atoms with Gasteiger partial charge in [-0.25, -0.2) is 9.18 Å². The minimum absolute atomic E-state index is 0.0767. The highest BCUT2D eigenvalue weighted by Gasteiger charge is 2.27. The summed E-state index contributed by atoms with van der Waals surface area (Å²) in [6.07, 6.45) is 1.21. The Balaban J connectivity index is 1.92. The van der Waals surface area contributed by atoms with E-state index in [1.165, 1.54) is 60.9 Å². The number of aromatic carboxylic acids is 1. The molecule has 1 N–H and O–H groups in total. The maximum absolute atomic E-state index is 13.1. The van der Waals surface area contributed by atoms with Gasteiger partial charge in [0, 0.05) is 12.0 Å². The minimum Gasteiger partial charge on any atom is -0.478 e. The minimum atomic E-state index is -1.09. The highest BCUT2D eigenvalue weighted by molar-refractivity contribution is 6.05. The Morgan fingerprint density at radius 3 is 2.11 bits per heavy atom. The van der Waals surface area contributed by atoms with Gasteiger partial charge in [-0.3, -0.25) is 9.59 Å². The average Bonchev–Trinajstić information content (AvgIpc) is 3.21. The number of halogens is 1. The van der Waals surface area contributed by atoms with Gasteiger partial charge in [0.05, 0.1) is 17.7 Å². The highest BCUT2D eigenvalue weighted by Crippen LogP contribution is 2.27. The number of carboxylic acid groups (broad SMARTS) is 1. The molecule has 1 atom stereocenters. The number of Topliss-reactive ketones (excluding diaryl/α,β-unsaturated/α-hetero) is 2. The number of ketones is 2. The number of hydrogen-bond acceptors (Lipinski definition) is 4. The molecule has 27 heavy (non-hydrogen) atoms. The number of carboxylic acids is 1. The predicted molar refractivity (Wildman–Crippen MR) is 94.5 cm³/mol. The lowest BCUT2D eigenvalue weighted by Gasteiger charge is -2.15. The Bertz CT molecular complexity index is 957. The van der Waals surface area contributed by atoms with E-state index in [4.69, 9.17) is 9.52 Å². The molecule has 0 saturated heterocycles. The second kappa shape index (κ2) is 7.78. The average molecular weight is 366 g/mol. The van der Waals surface area contributed by atoms with Crippen molar-refractivity contribution in [1.29, 1.82) is 0 Å². The van der Waals surface area contributed by atoms with E-state index in [1.54, 1.807) is 6.07 Å². The monoisotopic (exact) mass is 366 g/mol. The maximum Gasteiger partial charge on any atom is 0.335 e. The molecule has 1 heterocycles. The lowest BCUT2D eigenvalue weighted by molar-refractivity contribution is 0.0696. The first-order chi connectivity index (χ1) is 13.0. The summed E-state index contributed by atoms with van der Waals surface area (Å²) in [6, 6.07) is 13.9. The van der Waals surface area contributed by atoms with E-state index < -0.39 is 23.5 Å². The van der Waals surface area contributed by atoms with Crippen molar-refractivity contribution in [2.24, 2.45) is 0 Å². The topological polar surface area (TPSA) is 84.6 Å². The first kappa shape index (κ1) is 18.3. The largest absolute Gasteiger partial charge is 0.478 e. The standard InChI is InChI=1S/C21H15FO5/c22-16-9-7-14(8-10-16)18(23)12-17(20(24)19-2-1-11-27-19)13-3-5-15(6-4-13)21(25)26/h1-11,17H,12H2,(H,25,26). The van der Waals surface area contributed by atoms with E-state index >= 15 is 0 Å². The number of furan rings is 1. The fourth-order valence-corrected chi connectivity index (χ4v) is 2.75. The molecule has 0 bridgehead atoms. The second-order valence-electron chi connectivity index (χ2n) is 5.96. The number of carbonyl (C=O) groups excluding carboxylic acids is 2.